The Morgan fingerprint density at radius 3 is 2.86 bits per heavy atom. The van der Waals surface area contributed by atoms with Crippen molar-refractivity contribution in [1.29, 1.82) is 0 Å². The van der Waals surface area contributed by atoms with Gasteiger partial charge in [0.2, 0.25) is 0 Å². The van der Waals surface area contributed by atoms with Crippen LogP contribution in [0, 0.1) is 11.6 Å². The van der Waals surface area contributed by atoms with Crippen molar-refractivity contribution in [2.24, 2.45) is 5.11 Å². The van der Waals surface area contributed by atoms with Crippen LogP contribution in [0.5, 0.6) is 0 Å². The monoisotopic (exact) mass is 199 g/mol. The Balaban J connectivity index is 2.93. The van der Waals surface area contributed by atoms with Crippen molar-refractivity contribution in [3.05, 3.63) is 45.8 Å². The molecule has 0 aliphatic heterocycles. The van der Waals surface area contributed by atoms with Gasteiger partial charge in [-0.3, -0.25) is 0 Å². The van der Waals surface area contributed by atoms with E-state index >= 15 is 0 Å². The minimum Gasteiger partial charge on any atom is -0.388 e. The second-order valence-corrected chi connectivity index (χ2v) is 2.60. The zero-order valence-corrected chi connectivity index (χ0v) is 7.06. The number of benzene rings is 1. The van der Waals surface area contributed by atoms with Crippen molar-refractivity contribution in [2.45, 2.75) is 6.10 Å². The summed E-state index contributed by atoms with van der Waals surface area (Å²) >= 11 is 0. The summed E-state index contributed by atoms with van der Waals surface area (Å²) in [6.07, 6.45) is -1.32. The Morgan fingerprint density at radius 2 is 2.21 bits per heavy atom. The first-order valence-electron chi connectivity index (χ1n) is 3.79. The van der Waals surface area contributed by atoms with Crippen molar-refractivity contribution in [2.75, 3.05) is 6.54 Å². The molecule has 1 rings (SSSR count). The van der Waals surface area contributed by atoms with E-state index in [0.29, 0.717) is 0 Å². The third-order valence-electron chi connectivity index (χ3n) is 1.63. The second-order valence-electron chi connectivity index (χ2n) is 2.60. The van der Waals surface area contributed by atoms with Gasteiger partial charge in [0.05, 0.1) is 12.6 Å². The highest BCUT2D eigenvalue weighted by Gasteiger charge is 2.12. The van der Waals surface area contributed by atoms with Crippen LogP contribution >= 0.6 is 0 Å². The predicted molar refractivity (Wildman–Crippen MR) is 45.3 cm³/mol. The van der Waals surface area contributed by atoms with E-state index in [1.54, 1.807) is 0 Å². The number of halogens is 2. The van der Waals surface area contributed by atoms with E-state index in [2.05, 4.69) is 10.0 Å². The molecule has 1 atom stereocenters. The molecule has 0 saturated carbocycles. The molecule has 0 aromatic heterocycles. The van der Waals surface area contributed by atoms with Gasteiger partial charge in [-0.05, 0) is 23.7 Å². The van der Waals surface area contributed by atoms with E-state index < -0.39 is 17.7 Å². The highest BCUT2D eigenvalue weighted by molar-refractivity contribution is 5.21. The Hall–Kier alpha value is -1.65. The van der Waals surface area contributed by atoms with Crippen molar-refractivity contribution >= 4 is 0 Å². The molecule has 0 fully saturated rings. The maximum absolute atomic E-state index is 13.0. The number of hydrogen-bond acceptors (Lipinski definition) is 2. The lowest BCUT2D eigenvalue weighted by atomic mass is 10.1. The molecular weight excluding hydrogens is 192 g/mol. The van der Waals surface area contributed by atoms with Gasteiger partial charge < -0.3 is 5.11 Å². The van der Waals surface area contributed by atoms with E-state index in [1.165, 1.54) is 0 Å². The summed E-state index contributed by atoms with van der Waals surface area (Å²) in [6.45, 7) is -0.323. The smallest absolute Gasteiger partial charge is 0.129 e. The molecule has 1 N–H and O–H groups in total. The van der Waals surface area contributed by atoms with Crippen LogP contribution in [0.25, 0.3) is 10.4 Å². The number of rotatable bonds is 3. The lowest BCUT2D eigenvalue weighted by Gasteiger charge is -2.08. The maximum atomic E-state index is 13.0. The normalized spacial score (nSPS) is 11.9. The largest absolute Gasteiger partial charge is 0.388 e. The second kappa shape index (κ2) is 4.55. The molecule has 1 aromatic carbocycles. The van der Waals surface area contributed by atoms with Gasteiger partial charge in [-0.15, -0.1) is 0 Å². The summed E-state index contributed by atoms with van der Waals surface area (Å²) in [7, 11) is 0. The fourth-order valence-corrected chi connectivity index (χ4v) is 0.982. The van der Waals surface area contributed by atoms with Gasteiger partial charge in [0, 0.05) is 10.5 Å². The Morgan fingerprint density at radius 1 is 1.50 bits per heavy atom. The van der Waals surface area contributed by atoms with Gasteiger partial charge in [-0.1, -0.05) is 5.11 Å². The SMILES string of the molecule is [N-]=[N+]=NC[C@H](O)c1cc(F)ccc1F. The van der Waals surface area contributed by atoms with Crippen LogP contribution in [0.4, 0.5) is 8.78 Å². The van der Waals surface area contributed by atoms with E-state index in [4.69, 9.17) is 5.53 Å². The average molecular weight is 199 g/mol. The van der Waals surface area contributed by atoms with Crippen LogP contribution < -0.4 is 0 Å². The zero-order chi connectivity index (χ0) is 10.6. The van der Waals surface area contributed by atoms with Gasteiger partial charge in [0.1, 0.15) is 11.6 Å². The quantitative estimate of drug-likeness (QED) is 0.453. The minimum atomic E-state index is -1.32. The molecule has 74 valence electrons. The predicted octanol–water partition coefficient (Wildman–Crippen LogP) is 2.31. The molecule has 14 heavy (non-hydrogen) atoms. The summed E-state index contributed by atoms with van der Waals surface area (Å²) in [5, 5.41) is 12.3. The van der Waals surface area contributed by atoms with Gasteiger partial charge in [0.25, 0.3) is 0 Å². The molecule has 0 aliphatic rings. The lowest BCUT2D eigenvalue weighted by molar-refractivity contribution is 0.181. The molecule has 1 aromatic rings. The first kappa shape index (κ1) is 10.4. The Kier molecular flexibility index (Phi) is 3.39. The van der Waals surface area contributed by atoms with Gasteiger partial charge in [-0.2, -0.15) is 0 Å². The first-order valence-corrected chi connectivity index (χ1v) is 3.79. The van der Waals surface area contributed by atoms with Crippen molar-refractivity contribution < 1.29 is 13.9 Å². The molecule has 0 spiro atoms. The molecule has 0 bridgehead atoms. The van der Waals surface area contributed by atoms with Crippen molar-refractivity contribution in [1.82, 2.24) is 0 Å². The molecule has 0 heterocycles. The first-order chi connectivity index (χ1) is 6.65. The molecule has 6 heteroatoms. The topological polar surface area (TPSA) is 69.0 Å². The molecule has 4 nitrogen and oxygen atoms in total. The fraction of sp³-hybridized carbons (Fsp3) is 0.250. The van der Waals surface area contributed by atoms with Crippen LogP contribution in [0.3, 0.4) is 0 Å². The maximum Gasteiger partial charge on any atom is 0.129 e. The summed E-state index contributed by atoms with van der Waals surface area (Å²) in [4.78, 5) is 2.40. The Labute approximate surface area is 78.4 Å². The van der Waals surface area contributed by atoms with Crippen LogP contribution in [0.1, 0.15) is 11.7 Å². The van der Waals surface area contributed by atoms with Crippen LogP contribution in [0.2, 0.25) is 0 Å². The summed E-state index contributed by atoms with van der Waals surface area (Å²) in [5.74, 6) is -1.38. The van der Waals surface area contributed by atoms with Crippen molar-refractivity contribution in [3.8, 4) is 0 Å². The van der Waals surface area contributed by atoms with E-state index in [-0.39, 0.29) is 12.1 Å². The van der Waals surface area contributed by atoms with Crippen LogP contribution in [-0.2, 0) is 0 Å². The lowest BCUT2D eigenvalue weighted by Crippen LogP contribution is -2.04. The summed E-state index contributed by atoms with van der Waals surface area (Å²) < 4.78 is 25.6. The van der Waals surface area contributed by atoms with E-state index in [0.717, 1.165) is 18.2 Å². The number of hydrogen-bond donors (Lipinski definition) is 1. The Bertz CT molecular complexity index is 377. The highest BCUT2D eigenvalue weighted by atomic mass is 19.1. The van der Waals surface area contributed by atoms with E-state index in [9.17, 15) is 13.9 Å². The number of azide groups is 1. The number of nitrogens with zero attached hydrogens (tertiary/aromatic N) is 3. The number of aliphatic hydroxyl groups is 1. The van der Waals surface area contributed by atoms with Crippen LogP contribution in [-0.4, -0.2) is 11.7 Å². The molecular formula is C8H7F2N3O. The molecule has 0 unspecified atom stereocenters. The highest BCUT2D eigenvalue weighted by Crippen LogP contribution is 2.18. The number of aliphatic hydroxyl groups excluding tert-OH is 1. The third-order valence-corrected chi connectivity index (χ3v) is 1.63. The molecule has 0 amide bonds. The summed E-state index contributed by atoms with van der Waals surface area (Å²) in [6, 6.07) is 2.72. The fourth-order valence-electron chi connectivity index (χ4n) is 0.982. The molecule has 0 saturated heterocycles. The van der Waals surface area contributed by atoms with Gasteiger partial charge >= 0.3 is 0 Å². The average Bonchev–Trinajstić information content (AvgIpc) is 2.18. The van der Waals surface area contributed by atoms with Gasteiger partial charge in [-0.25, -0.2) is 8.78 Å². The zero-order valence-electron chi connectivity index (χ0n) is 7.06. The minimum absolute atomic E-state index is 0.211. The van der Waals surface area contributed by atoms with Crippen LogP contribution in [0.15, 0.2) is 23.3 Å². The van der Waals surface area contributed by atoms with E-state index in [1.807, 2.05) is 0 Å². The molecule has 0 radical (unpaired) electrons. The standard InChI is InChI=1S/C8H7F2N3O/c9-5-1-2-7(10)6(3-5)8(14)4-12-13-11/h1-3,8,14H,4H2/t8-/m0/s1. The summed E-state index contributed by atoms with van der Waals surface area (Å²) in [5.41, 5.74) is 7.75. The third kappa shape index (κ3) is 2.42. The van der Waals surface area contributed by atoms with Crippen molar-refractivity contribution in [3.63, 3.8) is 0 Å². The molecule has 0 aliphatic carbocycles. The van der Waals surface area contributed by atoms with Gasteiger partial charge in [0.15, 0.2) is 0 Å².